The largest absolute Gasteiger partial charge is 0.316 e. The molecule has 1 aliphatic heterocycles. The molecule has 1 saturated heterocycles. The van der Waals surface area contributed by atoms with Crippen molar-refractivity contribution >= 4 is 10.0 Å². The molecule has 6 heteroatoms. The van der Waals surface area contributed by atoms with Crippen molar-refractivity contribution in [3.8, 4) is 0 Å². The fourth-order valence-corrected chi connectivity index (χ4v) is 3.33. The molecule has 0 unspecified atom stereocenters. The minimum Gasteiger partial charge on any atom is -0.316 e. The van der Waals surface area contributed by atoms with E-state index < -0.39 is 10.0 Å². The van der Waals surface area contributed by atoms with Crippen LogP contribution < -0.4 is 10.0 Å². The Balaban J connectivity index is 2.30. The van der Waals surface area contributed by atoms with E-state index in [4.69, 9.17) is 0 Å². The van der Waals surface area contributed by atoms with Crippen molar-refractivity contribution in [2.45, 2.75) is 33.1 Å². The Kier molecular flexibility index (Phi) is 6.73. The molecule has 1 heterocycles. The van der Waals surface area contributed by atoms with Crippen molar-refractivity contribution in [2.75, 3.05) is 45.5 Å². The van der Waals surface area contributed by atoms with Gasteiger partial charge in [0.05, 0.1) is 5.75 Å². The number of likely N-dealkylation sites (tertiary alicyclic amines) is 1. The van der Waals surface area contributed by atoms with Crippen LogP contribution in [0.15, 0.2) is 0 Å². The van der Waals surface area contributed by atoms with Crippen molar-refractivity contribution in [3.05, 3.63) is 0 Å². The normalized spacial score (nSPS) is 20.6. The second kappa shape index (κ2) is 7.57. The molecule has 114 valence electrons. The maximum Gasteiger partial charge on any atom is 0.212 e. The molecular weight excluding hydrogens is 262 g/mol. The monoisotopic (exact) mass is 291 g/mol. The lowest BCUT2D eigenvalue weighted by molar-refractivity contribution is 0.143. The minimum absolute atomic E-state index is 0.108. The lowest BCUT2D eigenvalue weighted by Gasteiger charge is -2.37. The van der Waals surface area contributed by atoms with Gasteiger partial charge in [-0.15, -0.1) is 0 Å². The molecule has 1 rings (SSSR count). The van der Waals surface area contributed by atoms with Gasteiger partial charge in [-0.2, -0.15) is 0 Å². The van der Waals surface area contributed by atoms with Crippen molar-refractivity contribution in [2.24, 2.45) is 5.41 Å². The summed E-state index contributed by atoms with van der Waals surface area (Å²) in [6, 6.07) is 0. The van der Waals surface area contributed by atoms with E-state index in [1.54, 1.807) is 0 Å². The van der Waals surface area contributed by atoms with Gasteiger partial charge in [0.25, 0.3) is 0 Å². The van der Waals surface area contributed by atoms with Gasteiger partial charge in [0, 0.05) is 13.1 Å². The van der Waals surface area contributed by atoms with Crippen LogP contribution in [-0.2, 0) is 10.0 Å². The third-order valence-corrected chi connectivity index (χ3v) is 5.21. The van der Waals surface area contributed by atoms with E-state index in [0.29, 0.717) is 13.1 Å². The number of piperidine rings is 1. The first kappa shape index (κ1) is 16.9. The third kappa shape index (κ3) is 6.70. The van der Waals surface area contributed by atoms with Crippen LogP contribution in [0.2, 0.25) is 0 Å². The highest BCUT2D eigenvalue weighted by Crippen LogP contribution is 2.29. The molecule has 0 aliphatic carbocycles. The summed E-state index contributed by atoms with van der Waals surface area (Å²) in [5, 5.41) is 3.12. The van der Waals surface area contributed by atoms with Crippen molar-refractivity contribution in [1.82, 2.24) is 14.9 Å². The summed E-state index contributed by atoms with van der Waals surface area (Å²) in [6.07, 6.45) is 3.14. The van der Waals surface area contributed by atoms with E-state index in [1.165, 1.54) is 0 Å². The Morgan fingerprint density at radius 1 is 1.21 bits per heavy atom. The van der Waals surface area contributed by atoms with Gasteiger partial charge in [-0.3, -0.25) is 0 Å². The second-order valence-electron chi connectivity index (χ2n) is 6.00. The minimum atomic E-state index is -3.14. The van der Waals surface area contributed by atoms with Gasteiger partial charge in [0.2, 0.25) is 10.0 Å². The number of rotatable bonds is 8. The molecule has 19 heavy (non-hydrogen) atoms. The average Bonchev–Trinajstić information content (AvgIpc) is 2.37. The van der Waals surface area contributed by atoms with Crippen LogP contribution in [-0.4, -0.2) is 58.8 Å². The Bertz CT molecular complexity index is 349. The average molecular weight is 291 g/mol. The van der Waals surface area contributed by atoms with Gasteiger partial charge in [-0.05, 0) is 51.4 Å². The summed E-state index contributed by atoms with van der Waals surface area (Å²) >= 11 is 0. The van der Waals surface area contributed by atoms with Crippen LogP contribution in [0.4, 0.5) is 0 Å². The summed E-state index contributed by atoms with van der Waals surface area (Å²) in [4.78, 5) is 2.30. The summed E-state index contributed by atoms with van der Waals surface area (Å²) in [6.45, 7) is 8.32. The zero-order valence-electron chi connectivity index (χ0n) is 12.5. The number of hydrogen-bond acceptors (Lipinski definition) is 4. The van der Waals surface area contributed by atoms with Gasteiger partial charge < -0.3 is 10.2 Å². The number of sulfonamides is 1. The zero-order chi connectivity index (χ0) is 14.4. The SMILES string of the molecule is CCCNCCS(=O)(=O)NCC1(C)CCN(C)CC1. The Morgan fingerprint density at radius 3 is 2.42 bits per heavy atom. The first-order valence-corrected chi connectivity index (χ1v) is 8.89. The van der Waals surface area contributed by atoms with Crippen LogP contribution in [0, 0.1) is 5.41 Å². The molecule has 0 aromatic heterocycles. The van der Waals surface area contributed by atoms with E-state index in [0.717, 1.165) is 38.9 Å². The van der Waals surface area contributed by atoms with E-state index in [-0.39, 0.29) is 11.2 Å². The first-order chi connectivity index (χ1) is 8.87. The zero-order valence-corrected chi connectivity index (χ0v) is 13.4. The molecule has 1 fully saturated rings. The van der Waals surface area contributed by atoms with Crippen molar-refractivity contribution in [3.63, 3.8) is 0 Å². The van der Waals surface area contributed by atoms with Crippen molar-refractivity contribution in [1.29, 1.82) is 0 Å². The van der Waals surface area contributed by atoms with Crippen LogP contribution in [0.3, 0.4) is 0 Å². The van der Waals surface area contributed by atoms with E-state index in [9.17, 15) is 8.42 Å². The Hall–Kier alpha value is -0.170. The number of nitrogens with one attached hydrogen (secondary N) is 2. The molecule has 0 bridgehead atoms. The molecule has 0 amide bonds. The van der Waals surface area contributed by atoms with Crippen LogP contribution >= 0.6 is 0 Å². The molecule has 0 aromatic rings. The van der Waals surface area contributed by atoms with Crippen molar-refractivity contribution < 1.29 is 8.42 Å². The fraction of sp³-hybridized carbons (Fsp3) is 1.00. The summed E-state index contributed by atoms with van der Waals surface area (Å²) < 4.78 is 26.5. The molecule has 0 saturated carbocycles. The predicted octanol–water partition coefficient (Wildman–Crippen LogP) is 0.637. The predicted molar refractivity (Wildman–Crippen MR) is 79.8 cm³/mol. The van der Waals surface area contributed by atoms with E-state index >= 15 is 0 Å². The molecule has 0 aromatic carbocycles. The van der Waals surface area contributed by atoms with Crippen LogP contribution in [0.1, 0.15) is 33.1 Å². The number of hydrogen-bond donors (Lipinski definition) is 2. The van der Waals surface area contributed by atoms with Gasteiger partial charge in [-0.1, -0.05) is 13.8 Å². The Labute approximate surface area is 118 Å². The van der Waals surface area contributed by atoms with Crippen LogP contribution in [0.25, 0.3) is 0 Å². The highest BCUT2D eigenvalue weighted by Gasteiger charge is 2.29. The van der Waals surface area contributed by atoms with Gasteiger partial charge in [-0.25, -0.2) is 13.1 Å². The smallest absolute Gasteiger partial charge is 0.212 e. The maximum atomic E-state index is 11.9. The van der Waals surface area contributed by atoms with Gasteiger partial charge in [0.15, 0.2) is 0 Å². The molecule has 0 atom stereocenters. The topological polar surface area (TPSA) is 61.4 Å². The summed E-state index contributed by atoms with van der Waals surface area (Å²) in [7, 11) is -1.02. The van der Waals surface area contributed by atoms with E-state index in [1.807, 2.05) is 0 Å². The standard InChI is InChI=1S/C13H29N3O2S/c1-4-7-14-8-11-19(17,18)15-12-13(2)5-9-16(3)10-6-13/h14-15H,4-12H2,1-3H3. The Morgan fingerprint density at radius 2 is 1.84 bits per heavy atom. The maximum absolute atomic E-state index is 11.9. The number of nitrogens with zero attached hydrogens (tertiary/aromatic N) is 1. The molecule has 5 nitrogen and oxygen atoms in total. The van der Waals surface area contributed by atoms with Gasteiger partial charge >= 0.3 is 0 Å². The summed E-state index contributed by atoms with van der Waals surface area (Å²) in [5.41, 5.74) is 0.108. The third-order valence-electron chi connectivity index (χ3n) is 3.89. The first-order valence-electron chi connectivity index (χ1n) is 7.23. The lowest BCUT2D eigenvalue weighted by Crippen LogP contribution is -2.44. The summed E-state index contributed by atoms with van der Waals surface area (Å²) in [5.74, 6) is 0.170. The fourth-order valence-electron chi connectivity index (χ4n) is 2.20. The molecule has 0 radical (unpaired) electrons. The molecule has 0 spiro atoms. The molecule has 2 N–H and O–H groups in total. The molecule has 1 aliphatic rings. The van der Waals surface area contributed by atoms with Crippen LogP contribution in [0.5, 0.6) is 0 Å². The second-order valence-corrected chi connectivity index (χ2v) is 7.93. The van der Waals surface area contributed by atoms with Gasteiger partial charge in [0.1, 0.15) is 0 Å². The lowest BCUT2D eigenvalue weighted by atomic mass is 9.81. The molecular formula is C13H29N3O2S. The highest BCUT2D eigenvalue weighted by atomic mass is 32.2. The quantitative estimate of drug-likeness (QED) is 0.644. The highest BCUT2D eigenvalue weighted by molar-refractivity contribution is 7.89. The van der Waals surface area contributed by atoms with E-state index in [2.05, 4.69) is 35.8 Å².